The molecule has 1 N–H and O–H groups in total. The van der Waals surface area contributed by atoms with Crippen molar-refractivity contribution in [2.24, 2.45) is 0 Å². The second-order valence-corrected chi connectivity index (χ2v) is 6.82. The molecule has 0 radical (unpaired) electrons. The minimum absolute atomic E-state index is 0.0338. The highest BCUT2D eigenvalue weighted by atomic mass is 16.5. The fraction of sp³-hybridized carbons (Fsp3) is 0.273. The molecule has 3 rings (SSSR count). The van der Waals surface area contributed by atoms with Crippen LogP contribution >= 0.6 is 0 Å². The van der Waals surface area contributed by atoms with Gasteiger partial charge in [-0.2, -0.15) is 0 Å². The second-order valence-electron chi connectivity index (χ2n) is 6.82. The molecule has 1 heterocycles. The molecule has 6 heteroatoms. The molecular formula is C22H22N2O4. The number of para-hydroxylation sites is 1. The van der Waals surface area contributed by atoms with Crippen molar-refractivity contribution in [1.29, 1.82) is 0 Å². The number of aromatic amines is 1. The van der Waals surface area contributed by atoms with E-state index in [1.807, 2.05) is 26.0 Å². The molecule has 3 aromatic rings. The Morgan fingerprint density at radius 1 is 1.07 bits per heavy atom. The van der Waals surface area contributed by atoms with E-state index in [2.05, 4.69) is 9.97 Å². The molecular weight excluding hydrogens is 356 g/mol. The summed E-state index contributed by atoms with van der Waals surface area (Å²) in [6, 6.07) is 12.4. The number of hydrogen-bond donors (Lipinski definition) is 1. The van der Waals surface area contributed by atoms with Crippen LogP contribution in [0.1, 0.15) is 53.2 Å². The highest BCUT2D eigenvalue weighted by molar-refractivity contribution is 5.97. The number of nitrogens with zero attached hydrogens (tertiary/aromatic N) is 1. The van der Waals surface area contributed by atoms with Crippen LogP contribution in [0, 0.1) is 13.8 Å². The number of aromatic nitrogens is 2. The highest BCUT2D eigenvalue weighted by Gasteiger charge is 2.17. The molecule has 0 bridgehead atoms. The van der Waals surface area contributed by atoms with Crippen LogP contribution < -0.4 is 5.56 Å². The number of H-pyrrole nitrogens is 1. The van der Waals surface area contributed by atoms with Gasteiger partial charge in [0.1, 0.15) is 0 Å². The average molecular weight is 378 g/mol. The molecule has 144 valence electrons. The van der Waals surface area contributed by atoms with Gasteiger partial charge >= 0.3 is 5.97 Å². The number of nitrogens with one attached hydrogen (secondary N) is 1. The molecule has 0 unspecified atom stereocenters. The van der Waals surface area contributed by atoms with Gasteiger partial charge in [-0.3, -0.25) is 14.4 Å². The van der Waals surface area contributed by atoms with E-state index in [9.17, 15) is 14.4 Å². The summed E-state index contributed by atoms with van der Waals surface area (Å²) >= 11 is 0. The predicted molar refractivity (Wildman–Crippen MR) is 106 cm³/mol. The Morgan fingerprint density at radius 3 is 2.57 bits per heavy atom. The van der Waals surface area contributed by atoms with E-state index in [0.717, 1.165) is 11.1 Å². The lowest BCUT2D eigenvalue weighted by atomic mass is 10.0. The number of benzene rings is 2. The van der Waals surface area contributed by atoms with Crippen molar-refractivity contribution < 1.29 is 14.3 Å². The number of carbonyl (C=O) groups is 2. The second kappa shape index (κ2) is 8.17. The Kier molecular flexibility index (Phi) is 5.68. The topological polar surface area (TPSA) is 89.1 Å². The van der Waals surface area contributed by atoms with E-state index in [1.165, 1.54) is 0 Å². The van der Waals surface area contributed by atoms with Crippen LogP contribution in [0.3, 0.4) is 0 Å². The van der Waals surface area contributed by atoms with E-state index in [0.29, 0.717) is 16.5 Å². The van der Waals surface area contributed by atoms with Crippen LogP contribution in [0.25, 0.3) is 10.9 Å². The molecule has 2 aromatic carbocycles. The van der Waals surface area contributed by atoms with E-state index in [-0.39, 0.29) is 30.0 Å². The van der Waals surface area contributed by atoms with Gasteiger partial charge in [-0.15, -0.1) is 0 Å². The maximum Gasteiger partial charge on any atom is 0.306 e. The maximum absolute atomic E-state index is 12.3. The lowest BCUT2D eigenvalue weighted by Gasteiger charge is -2.13. The average Bonchev–Trinajstić information content (AvgIpc) is 2.68. The van der Waals surface area contributed by atoms with Crippen molar-refractivity contribution in [2.75, 3.05) is 0 Å². The Bertz CT molecular complexity index is 1100. The molecule has 0 spiro atoms. The zero-order valence-electron chi connectivity index (χ0n) is 16.1. The lowest BCUT2D eigenvalue weighted by molar-refractivity contribution is -0.148. The molecule has 0 saturated carbocycles. The Labute approximate surface area is 162 Å². The molecule has 0 aliphatic carbocycles. The molecule has 6 nitrogen and oxygen atoms in total. The minimum atomic E-state index is -0.721. The van der Waals surface area contributed by atoms with Crippen molar-refractivity contribution in [2.45, 2.75) is 39.7 Å². The first-order chi connectivity index (χ1) is 13.3. The lowest BCUT2D eigenvalue weighted by Crippen LogP contribution is -2.17. The van der Waals surface area contributed by atoms with Crippen molar-refractivity contribution >= 4 is 22.7 Å². The third kappa shape index (κ3) is 4.34. The van der Waals surface area contributed by atoms with E-state index in [1.54, 1.807) is 37.3 Å². The molecule has 0 aliphatic heterocycles. The van der Waals surface area contributed by atoms with Crippen LogP contribution in [0.4, 0.5) is 0 Å². The van der Waals surface area contributed by atoms with Crippen LogP contribution in [0.15, 0.2) is 47.3 Å². The first kappa shape index (κ1) is 19.5. The fourth-order valence-corrected chi connectivity index (χ4v) is 2.88. The van der Waals surface area contributed by atoms with Crippen molar-refractivity contribution in [3.05, 3.63) is 75.3 Å². The fourth-order valence-electron chi connectivity index (χ4n) is 2.88. The van der Waals surface area contributed by atoms with Gasteiger partial charge in [-0.1, -0.05) is 24.3 Å². The number of esters is 1. The number of Topliss-reactive ketones (excluding diaryl/α,β-unsaturated/α-hetero) is 1. The molecule has 0 amide bonds. The normalized spacial score (nSPS) is 12.0. The van der Waals surface area contributed by atoms with Gasteiger partial charge in [0.25, 0.3) is 5.56 Å². The van der Waals surface area contributed by atoms with Gasteiger partial charge in [0.15, 0.2) is 17.7 Å². The molecule has 1 aromatic heterocycles. The third-order valence-corrected chi connectivity index (χ3v) is 4.71. The zero-order chi connectivity index (χ0) is 20.3. The first-order valence-corrected chi connectivity index (χ1v) is 9.14. The quantitative estimate of drug-likeness (QED) is 0.520. The first-order valence-electron chi connectivity index (χ1n) is 9.14. The molecule has 28 heavy (non-hydrogen) atoms. The molecule has 0 saturated heterocycles. The van der Waals surface area contributed by atoms with Gasteiger partial charge in [0.05, 0.1) is 17.3 Å². The Hall–Kier alpha value is -3.28. The summed E-state index contributed by atoms with van der Waals surface area (Å²) in [4.78, 5) is 43.6. The van der Waals surface area contributed by atoms with Gasteiger partial charge in [-0.25, -0.2) is 4.98 Å². The van der Waals surface area contributed by atoms with Crippen LogP contribution in [0.5, 0.6) is 0 Å². The Balaban J connectivity index is 1.62. The van der Waals surface area contributed by atoms with Crippen molar-refractivity contribution in [1.82, 2.24) is 9.97 Å². The summed E-state index contributed by atoms with van der Waals surface area (Å²) < 4.78 is 5.35. The number of ether oxygens (including phenoxy) is 1. The van der Waals surface area contributed by atoms with Crippen molar-refractivity contribution in [3.8, 4) is 0 Å². The summed E-state index contributed by atoms with van der Waals surface area (Å²) in [5, 5.41) is 0.476. The maximum atomic E-state index is 12.3. The third-order valence-electron chi connectivity index (χ3n) is 4.71. The largest absolute Gasteiger partial charge is 0.454 e. The van der Waals surface area contributed by atoms with Gasteiger partial charge in [0.2, 0.25) is 0 Å². The number of carbonyl (C=O) groups excluding carboxylic acids is 2. The number of ketones is 1. The van der Waals surface area contributed by atoms with Gasteiger partial charge < -0.3 is 9.72 Å². The standard InChI is InChI=1S/C22H22N2O4/c1-13-8-9-16(12-14(13)2)19(25)10-11-20(26)28-15(3)21-23-18-7-5-4-6-17(18)22(27)24-21/h4-9,12,15H,10-11H2,1-3H3,(H,23,24,27)/t15-/m0/s1. The van der Waals surface area contributed by atoms with Gasteiger partial charge in [0, 0.05) is 12.0 Å². The molecule has 1 atom stereocenters. The number of aryl methyl sites for hydroxylation is 2. The molecule has 0 aliphatic rings. The summed E-state index contributed by atoms with van der Waals surface area (Å²) in [5.74, 6) is -0.344. The Morgan fingerprint density at radius 2 is 1.82 bits per heavy atom. The van der Waals surface area contributed by atoms with E-state index < -0.39 is 12.1 Å². The van der Waals surface area contributed by atoms with Crippen LogP contribution in [0.2, 0.25) is 0 Å². The number of hydrogen-bond acceptors (Lipinski definition) is 5. The monoisotopic (exact) mass is 378 g/mol. The van der Waals surface area contributed by atoms with E-state index in [4.69, 9.17) is 4.74 Å². The van der Waals surface area contributed by atoms with Gasteiger partial charge in [-0.05, 0) is 50.1 Å². The highest BCUT2D eigenvalue weighted by Crippen LogP contribution is 2.17. The SMILES string of the molecule is Cc1ccc(C(=O)CCC(=O)O[C@@H](C)c2nc3ccccc3c(=O)[nH]2)cc1C. The summed E-state index contributed by atoms with van der Waals surface area (Å²) in [6.07, 6.45) is -0.689. The van der Waals surface area contributed by atoms with Crippen molar-refractivity contribution in [3.63, 3.8) is 0 Å². The van der Waals surface area contributed by atoms with Crippen LogP contribution in [-0.4, -0.2) is 21.7 Å². The smallest absolute Gasteiger partial charge is 0.306 e. The molecule has 0 fully saturated rings. The summed E-state index contributed by atoms with van der Waals surface area (Å²) in [6.45, 7) is 5.56. The number of rotatable bonds is 6. The summed E-state index contributed by atoms with van der Waals surface area (Å²) in [7, 11) is 0. The minimum Gasteiger partial charge on any atom is -0.454 e. The predicted octanol–water partition coefficient (Wildman–Crippen LogP) is 3.81. The van der Waals surface area contributed by atoms with Crippen LogP contribution in [-0.2, 0) is 9.53 Å². The van der Waals surface area contributed by atoms with E-state index >= 15 is 0 Å². The number of fused-ring (bicyclic) bond motifs is 1. The zero-order valence-corrected chi connectivity index (χ0v) is 16.1. The summed E-state index contributed by atoms with van der Waals surface area (Å²) in [5.41, 5.74) is 2.99.